The average molecular weight is 2170 g/mol. The number of fused-ring (bicyclic) bond motifs is 11. The quantitative estimate of drug-likeness (QED) is 0.0258. The van der Waals surface area contributed by atoms with Crippen molar-refractivity contribution < 1.29 is 96.6 Å². The van der Waals surface area contributed by atoms with Gasteiger partial charge in [0.05, 0.1) is 108 Å². The van der Waals surface area contributed by atoms with Crippen LogP contribution in [0.1, 0.15) is 225 Å². The van der Waals surface area contributed by atoms with Gasteiger partial charge in [0, 0.05) is 63.9 Å². The molecule has 146 heavy (non-hydrogen) atoms. The highest BCUT2D eigenvalue weighted by molar-refractivity contribution is 7.22. The Bertz CT molecular complexity index is 6270. The maximum Gasteiger partial charge on any atom is 0.324 e. The molecule has 3 aromatic heterocycles. The molecule has 4 aliphatic carbocycles. The molecule has 3 unspecified atom stereocenters. The number of carbonyl (C=O) groups is 6. The van der Waals surface area contributed by atoms with Crippen LogP contribution in [0.4, 0.5) is 30.6 Å². The third-order valence-corrected chi connectivity index (χ3v) is 37.6. The SMILES string of the molecule is CC1(C)CCC2(CC1)C[C@@H](C(=O)C[C@H]1CO[C@H](CO)[C@@H](O)C1)[C@H](c1cccc(Cl)c1F)[C@]21C(=O)Nc2nc(Cl)ccc21.CC1(C)CCC2(CC1)N([C@H](P)[C@@H](O)P)[C@@H](C(=O)N[C@H]1CO[C@H](CO)[C@@H](O)C1)[C@H](c1cccc(Cl)c1F)C21C(=O)Nc2nc(Cl)ccc21.CC1(C)CCC2(CC1)N1[C@H](c3ccccc3)[C@H](c3ccccc3)OC(=O)[C@H]1[C@H](c1cccc(Cl)c1F)[C@@]21C(=O)Nc2nc(Cl)ccc21.N[C@H]1CO[C@H](CO)[C@@H](O)C1. The van der Waals surface area contributed by atoms with Gasteiger partial charge in [-0.3, -0.25) is 38.6 Å². The molecule has 782 valence electrons. The van der Waals surface area contributed by atoms with Crippen LogP contribution in [0.5, 0.6) is 0 Å². The lowest BCUT2D eigenvalue weighted by atomic mass is 9.51. The molecule has 21 rings (SSSR count). The third kappa shape index (κ3) is 18.6. The summed E-state index contributed by atoms with van der Waals surface area (Å²) in [5.41, 5.74) is 2.61. The van der Waals surface area contributed by atoms with Crippen LogP contribution in [-0.2, 0) is 64.0 Å². The highest BCUT2D eigenvalue weighted by Gasteiger charge is 2.81. The van der Waals surface area contributed by atoms with Gasteiger partial charge in [-0.05, 0) is 195 Å². The monoisotopic (exact) mass is 2160 g/mol. The number of hydrogen-bond donors (Lipinski definition) is 12. The Morgan fingerprint density at radius 3 is 1.36 bits per heavy atom. The number of ketones is 1. The number of cyclic esters (lactones) is 1. The van der Waals surface area contributed by atoms with E-state index in [1.165, 1.54) is 18.2 Å². The van der Waals surface area contributed by atoms with Gasteiger partial charge in [0.25, 0.3) is 0 Å². The maximum absolute atomic E-state index is 16.5. The van der Waals surface area contributed by atoms with Gasteiger partial charge in [-0.25, -0.2) is 28.1 Å². The molecular weight excluding hydrogens is 2040 g/mol. The van der Waals surface area contributed by atoms with E-state index in [2.05, 4.69) is 101 Å². The highest BCUT2D eigenvalue weighted by Crippen LogP contribution is 2.76. The summed E-state index contributed by atoms with van der Waals surface area (Å²) in [4.78, 5) is 106. The zero-order valence-electron chi connectivity index (χ0n) is 81.7. The van der Waals surface area contributed by atoms with Gasteiger partial charge in [-0.1, -0.05) is 226 Å². The van der Waals surface area contributed by atoms with Gasteiger partial charge in [0.2, 0.25) is 23.6 Å². The van der Waals surface area contributed by atoms with Crippen molar-refractivity contribution in [1.29, 1.82) is 0 Å². The molecule has 38 heteroatoms. The van der Waals surface area contributed by atoms with Gasteiger partial charge in [0.15, 0.2) is 0 Å². The summed E-state index contributed by atoms with van der Waals surface area (Å²) in [5, 5.41) is 81.4. The summed E-state index contributed by atoms with van der Waals surface area (Å²) in [5.74, 6) is -8.97. The number of nitrogens with zero attached hydrogens (tertiary/aromatic N) is 5. The summed E-state index contributed by atoms with van der Waals surface area (Å²) in [7, 11) is 5.03. The number of aromatic nitrogens is 3. The second-order valence-electron chi connectivity index (χ2n) is 44.3. The first-order valence-corrected chi connectivity index (χ1v) is 53.7. The van der Waals surface area contributed by atoms with Crippen molar-refractivity contribution in [2.75, 3.05) is 55.6 Å². The first-order chi connectivity index (χ1) is 69.4. The van der Waals surface area contributed by atoms with E-state index < -0.39 is 170 Å². The zero-order valence-corrected chi connectivity index (χ0v) is 88.6. The molecule has 6 saturated heterocycles. The number of benzene rings is 5. The van der Waals surface area contributed by atoms with Crippen LogP contribution in [-0.4, -0.2) is 219 Å². The number of pyridine rings is 3. The Kier molecular flexibility index (Phi) is 31.2. The van der Waals surface area contributed by atoms with E-state index in [0.29, 0.717) is 106 Å². The molecule has 24 atom stereocenters. The fourth-order valence-corrected chi connectivity index (χ4v) is 29.1. The second kappa shape index (κ2) is 42.1. The van der Waals surface area contributed by atoms with Gasteiger partial charge in [0.1, 0.15) is 97.4 Å². The topological polar surface area (TPSA) is 400 Å². The molecule has 0 bridgehead atoms. The fourth-order valence-electron chi connectivity index (χ4n) is 27.4. The molecule has 0 radical (unpaired) electrons. The number of amides is 4. The van der Waals surface area contributed by atoms with Crippen LogP contribution >= 0.6 is 88.1 Å². The number of anilines is 3. The average Bonchev–Trinajstić information content (AvgIpc) is 1.46. The predicted octanol–water partition coefficient (Wildman–Crippen LogP) is 16.4. The number of Topliss-reactive ketones (excluding diaryl/α,β-unsaturated/α-hetero) is 1. The van der Waals surface area contributed by atoms with Crippen molar-refractivity contribution in [2.45, 2.75) is 280 Å². The van der Waals surface area contributed by atoms with Crippen LogP contribution in [0, 0.1) is 50.9 Å². The summed E-state index contributed by atoms with van der Waals surface area (Å²) in [6, 6.07) is 40.8. The van der Waals surface area contributed by atoms with Crippen molar-refractivity contribution in [2.24, 2.45) is 39.2 Å². The third-order valence-electron chi connectivity index (χ3n) is 34.5. The van der Waals surface area contributed by atoms with Crippen LogP contribution < -0.4 is 27.0 Å². The number of rotatable bonds is 15. The van der Waals surface area contributed by atoms with E-state index in [1.807, 2.05) is 77.7 Å². The van der Waals surface area contributed by atoms with Crippen LogP contribution in [0.2, 0.25) is 30.5 Å². The minimum Gasteiger partial charge on any atom is -0.454 e. The lowest BCUT2D eigenvalue weighted by Gasteiger charge is -2.57. The molecule has 9 aliphatic heterocycles. The number of nitrogens with one attached hydrogen (secondary N) is 4. The maximum atomic E-state index is 16.5. The van der Waals surface area contributed by atoms with Gasteiger partial charge >= 0.3 is 5.97 Å². The van der Waals surface area contributed by atoms with Crippen LogP contribution in [0.3, 0.4) is 0 Å². The number of esters is 1. The molecule has 8 aromatic rings. The van der Waals surface area contributed by atoms with Crippen molar-refractivity contribution in [3.8, 4) is 0 Å². The van der Waals surface area contributed by atoms with Crippen molar-refractivity contribution in [3.05, 3.63) is 244 Å². The van der Waals surface area contributed by atoms with Crippen LogP contribution in [0.15, 0.2) is 152 Å². The number of ether oxygens (including phenoxy) is 4. The van der Waals surface area contributed by atoms with E-state index in [0.717, 1.165) is 36.8 Å². The zero-order chi connectivity index (χ0) is 104. The Morgan fingerprint density at radius 2 is 0.904 bits per heavy atom. The minimum atomic E-state index is -1.57. The number of halogens is 9. The first-order valence-electron chi connectivity index (χ1n) is 50.1. The largest absolute Gasteiger partial charge is 0.454 e. The summed E-state index contributed by atoms with van der Waals surface area (Å²) >= 11 is 38.2. The Balaban J connectivity index is 0.000000137. The number of aliphatic hydroxyl groups excluding tert-OH is 7. The summed E-state index contributed by atoms with van der Waals surface area (Å²) in [6.45, 7) is 13.1. The molecule has 27 nitrogen and oxygen atoms in total. The number of likely N-dealkylation sites (tertiary alicyclic amines) is 1. The molecule has 13 aliphatic rings. The number of nitrogens with two attached hydrogens (primary N) is 1. The van der Waals surface area contributed by atoms with Gasteiger partial charge in [-0.15, -0.1) is 18.5 Å². The van der Waals surface area contributed by atoms with E-state index in [4.69, 9.17) is 99.4 Å². The number of aliphatic hydroxyl groups is 7. The van der Waals surface area contributed by atoms with Crippen molar-refractivity contribution in [1.82, 2.24) is 30.1 Å². The van der Waals surface area contributed by atoms with E-state index >= 15 is 18.0 Å². The number of carbonyl (C=O) groups excluding carboxylic acids is 6. The Labute approximate surface area is 880 Å². The first kappa shape index (κ1) is 108. The molecule has 4 amide bonds. The Hall–Kier alpha value is -7.56. The number of morpholine rings is 1. The predicted molar refractivity (Wildman–Crippen MR) is 554 cm³/mol. The lowest BCUT2D eigenvalue weighted by molar-refractivity contribution is -0.184. The molecule has 10 fully saturated rings. The summed E-state index contributed by atoms with van der Waals surface area (Å²) in [6.07, 6.45) is 4.54. The normalized spacial score (nSPS) is 32.2. The Morgan fingerprint density at radius 1 is 0.493 bits per heavy atom. The molecular formula is C108H125Cl6F3N10O17P2. The van der Waals surface area contributed by atoms with Gasteiger partial charge in [-0.2, -0.15) is 0 Å². The van der Waals surface area contributed by atoms with E-state index in [9.17, 15) is 54.6 Å². The fraction of sp³-hybridized carbons (Fsp3) is 0.528. The van der Waals surface area contributed by atoms with Gasteiger partial charge < -0.3 is 81.7 Å². The van der Waals surface area contributed by atoms with E-state index in [1.54, 1.807) is 60.7 Å². The molecule has 6 spiro atoms. The van der Waals surface area contributed by atoms with E-state index in [-0.39, 0.29) is 145 Å². The van der Waals surface area contributed by atoms with Crippen LogP contribution in [0.25, 0.3) is 0 Å². The highest BCUT2D eigenvalue weighted by atomic mass is 35.5. The minimum absolute atomic E-state index is 0.00510. The summed E-state index contributed by atoms with van der Waals surface area (Å²) < 4.78 is 71.9. The smallest absolute Gasteiger partial charge is 0.324 e. The molecule has 12 heterocycles. The molecule has 5 aromatic carbocycles. The standard InChI is InChI=1S/C38H34Cl2FN3O3.C32H41Cl2FN4O6P2.C32H37Cl2FN2O5.C6H13NO3/c1-36(2)18-20-37(21-19-36)38(25-16-17-27(40)42-33(25)43-35(38)46)28(24-14-9-15-26(39)29(24)41)31-34(45)47-32(23-12-7-4-8-13-23)30(44(31)37)22-10-5-3-6-11-22;1-30(2)8-10-31(11-9-30)32(17-6-7-21(34)37-25(17)38-29(32)44)22(16-4-3-5-18(33)23(16)35)24(39(31)27(46)28(43)47)26(42)36-15-12-19(41)20(13-40)45-14-15;1-30(2)8-10-31(11-9-30)14-19(22(39)12-17-13-23(40)24(15-38)42-16-17)26(18-4-3-5-21(33)27(18)35)32(31)20-6-7-25(34)36-28(20)37-29(32)41;7-4-1-5(9)6(2-8)10-3-4/h3-17,28,30-32H,18-21H2,1-2H3,(H,42,43,46);3-7,15,19-20,22,24,27-28,40-41,43H,8-14,46-47H2,1-2H3,(H,36,42)(H,37,38,44);3-7,17,19,23-24,26,38,40H,8-16H2,1-2H3,(H,36,37,41);4-6,8-9H,1-3,7H2/t28-,30+,31+,32-,38-;15-,19+,20-,22+,24-,27-,28+,32?;17-,19+,23+,24-,26+,32-;4-,5+,6-/m0111/s1. The van der Waals surface area contributed by atoms with Crippen molar-refractivity contribution in [3.63, 3.8) is 0 Å². The second-order valence-corrected chi connectivity index (χ2v) is 48.0. The number of hydrogen-bond acceptors (Lipinski definition) is 23. The lowest BCUT2D eigenvalue weighted by Crippen LogP contribution is -2.65. The molecule has 4 saturated carbocycles. The van der Waals surface area contributed by atoms with Crippen molar-refractivity contribution >= 4 is 141 Å². The molecule has 13 N–H and O–H groups in total.